The number of sulfonamides is 1. The van der Waals surface area contributed by atoms with Gasteiger partial charge >= 0.3 is 0 Å². The fraction of sp³-hybridized carbons (Fsp3) is 0.481. The molecule has 0 aliphatic rings. The Labute approximate surface area is 241 Å². The van der Waals surface area contributed by atoms with E-state index in [0.717, 1.165) is 11.8 Å². The third-order valence-electron chi connectivity index (χ3n) is 6.07. The number of rotatable bonds is 13. The van der Waals surface area contributed by atoms with Crippen LogP contribution in [0.25, 0.3) is 0 Å². The molecule has 0 unspecified atom stereocenters. The Bertz CT molecular complexity index is 1240. The topological polar surface area (TPSA) is 86.8 Å². The summed E-state index contributed by atoms with van der Waals surface area (Å²) in [5, 5.41) is 4.13. The van der Waals surface area contributed by atoms with Gasteiger partial charge in [-0.1, -0.05) is 67.7 Å². The van der Waals surface area contributed by atoms with E-state index in [1.165, 1.54) is 9.21 Å². The number of hydrogen-bond donors (Lipinski definition) is 1. The molecular formula is C27H36Cl3N3O4S. The first-order valence-electron chi connectivity index (χ1n) is 12.5. The molecule has 0 radical (unpaired) electrons. The van der Waals surface area contributed by atoms with Gasteiger partial charge in [-0.25, -0.2) is 8.42 Å². The minimum atomic E-state index is -3.62. The van der Waals surface area contributed by atoms with Gasteiger partial charge in [-0.2, -0.15) is 0 Å². The summed E-state index contributed by atoms with van der Waals surface area (Å²) < 4.78 is 26.4. The van der Waals surface area contributed by atoms with E-state index in [0.29, 0.717) is 39.3 Å². The molecule has 11 heteroatoms. The van der Waals surface area contributed by atoms with Crippen LogP contribution < -0.4 is 9.62 Å². The number of nitrogens with one attached hydrogen (secondary N) is 1. The van der Waals surface area contributed by atoms with Crippen LogP contribution in [-0.2, 0) is 26.2 Å². The molecule has 0 aromatic heterocycles. The Kier molecular flexibility index (Phi) is 12.2. The number of carbonyl (C=O) groups is 2. The smallest absolute Gasteiger partial charge is 0.242 e. The second kappa shape index (κ2) is 14.4. The Morgan fingerprint density at radius 2 is 1.71 bits per heavy atom. The van der Waals surface area contributed by atoms with Gasteiger partial charge in [0.25, 0.3) is 0 Å². The number of nitrogens with zero attached hydrogens (tertiary/aromatic N) is 2. The number of anilines is 1. The van der Waals surface area contributed by atoms with Crippen LogP contribution in [0, 0.1) is 12.8 Å². The van der Waals surface area contributed by atoms with Crippen LogP contribution >= 0.6 is 34.8 Å². The molecule has 0 spiro atoms. The van der Waals surface area contributed by atoms with Gasteiger partial charge in [0.15, 0.2) is 0 Å². The number of amides is 2. The van der Waals surface area contributed by atoms with Crippen LogP contribution in [0.5, 0.6) is 0 Å². The summed E-state index contributed by atoms with van der Waals surface area (Å²) in [5.74, 6) is -0.242. The maximum absolute atomic E-state index is 13.5. The molecule has 1 atom stereocenters. The van der Waals surface area contributed by atoms with E-state index in [4.69, 9.17) is 34.8 Å². The maximum atomic E-state index is 13.5. The quantitative estimate of drug-likeness (QED) is 0.300. The van der Waals surface area contributed by atoms with Crippen molar-refractivity contribution >= 4 is 62.3 Å². The van der Waals surface area contributed by atoms with E-state index in [1.54, 1.807) is 43.3 Å². The molecule has 2 aromatic carbocycles. The number of halogens is 3. The van der Waals surface area contributed by atoms with Crippen molar-refractivity contribution in [2.75, 3.05) is 23.7 Å². The standard InChI is InChI=1S/C27H36Cl3N3O4S/c1-6-24(27(35)31-16-18(2)3)32(17-20-12-13-22(29)23(30)15-20)26(34)11-8-14-33(38(5,36)37)25-10-7-9-21(28)19(25)4/h7,9-10,12-13,15,18,24H,6,8,11,14,16-17H2,1-5H3,(H,31,35)/t24-/m0/s1. The summed E-state index contributed by atoms with van der Waals surface area (Å²) in [6, 6.07) is 9.47. The number of benzene rings is 2. The van der Waals surface area contributed by atoms with E-state index < -0.39 is 16.1 Å². The highest BCUT2D eigenvalue weighted by Crippen LogP contribution is 2.29. The molecule has 2 aromatic rings. The molecule has 0 aliphatic heterocycles. The highest BCUT2D eigenvalue weighted by Gasteiger charge is 2.29. The van der Waals surface area contributed by atoms with Gasteiger partial charge in [0.1, 0.15) is 6.04 Å². The van der Waals surface area contributed by atoms with Crippen LogP contribution in [0.3, 0.4) is 0 Å². The van der Waals surface area contributed by atoms with Crippen LogP contribution in [0.15, 0.2) is 36.4 Å². The van der Waals surface area contributed by atoms with Crippen LogP contribution in [0.4, 0.5) is 5.69 Å². The van der Waals surface area contributed by atoms with Crippen molar-refractivity contribution in [3.63, 3.8) is 0 Å². The lowest BCUT2D eigenvalue weighted by Gasteiger charge is -2.31. The van der Waals surface area contributed by atoms with Crippen LogP contribution in [0.1, 0.15) is 51.2 Å². The van der Waals surface area contributed by atoms with Crippen molar-refractivity contribution in [3.05, 3.63) is 62.6 Å². The minimum Gasteiger partial charge on any atom is -0.354 e. The fourth-order valence-electron chi connectivity index (χ4n) is 4.03. The maximum Gasteiger partial charge on any atom is 0.242 e. The summed E-state index contributed by atoms with van der Waals surface area (Å²) in [6.45, 7) is 8.33. The summed E-state index contributed by atoms with van der Waals surface area (Å²) in [4.78, 5) is 28.1. The summed E-state index contributed by atoms with van der Waals surface area (Å²) >= 11 is 18.5. The van der Waals surface area contributed by atoms with Crippen LogP contribution in [0.2, 0.25) is 15.1 Å². The zero-order chi connectivity index (χ0) is 28.6. The first kappa shape index (κ1) is 32.2. The predicted molar refractivity (Wildman–Crippen MR) is 157 cm³/mol. The average Bonchev–Trinajstić information content (AvgIpc) is 2.83. The molecule has 38 heavy (non-hydrogen) atoms. The van der Waals surface area contributed by atoms with Gasteiger partial charge in [-0.15, -0.1) is 0 Å². The molecule has 7 nitrogen and oxygen atoms in total. The molecule has 210 valence electrons. The zero-order valence-corrected chi connectivity index (χ0v) is 25.5. The van der Waals surface area contributed by atoms with Gasteiger partial charge in [0.05, 0.1) is 22.0 Å². The van der Waals surface area contributed by atoms with Crippen molar-refractivity contribution in [1.29, 1.82) is 0 Å². The number of carbonyl (C=O) groups excluding carboxylic acids is 2. The molecule has 0 saturated heterocycles. The summed E-state index contributed by atoms with van der Waals surface area (Å²) in [6.07, 6.45) is 1.83. The van der Waals surface area contributed by atoms with Gasteiger partial charge in [0, 0.05) is 31.1 Å². The average molecular weight is 605 g/mol. The second-order valence-corrected chi connectivity index (χ2v) is 12.8. The van der Waals surface area contributed by atoms with Crippen molar-refractivity contribution in [1.82, 2.24) is 10.2 Å². The lowest BCUT2D eigenvalue weighted by atomic mass is 10.1. The van der Waals surface area contributed by atoms with Gasteiger partial charge in [-0.3, -0.25) is 13.9 Å². The lowest BCUT2D eigenvalue weighted by molar-refractivity contribution is -0.141. The Balaban J connectivity index is 2.27. The molecular weight excluding hydrogens is 569 g/mol. The fourth-order valence-corrected chi connectivity index (χ4v) is 5.53. The van der Waals surface area contributed by atoms with Crippen molar-refractivity contribution < 1.29 is 18.0 Å². The minimum absolute atomic E-state index is 0.0426. The van der Waals surface area contributed by atoms with E-state index in [9.17, 15) is 18.0 Å². The zero-order valence-electron chi connectivity index (χ0n) is 22.4. The molecule has 0 bridgehead atoms. The molecule has 0 saturated carbocycles. The van der Waals surface area contributed by atoms with Crippen LogP contribution in [-0.4, -0.2) is 50.5 Å². The van der Waals surface area contributed by atoms with Crippen molar-refractivity contribution in [3.8, 4) is 0 Å². The highest BCUT2D eigenvalue weighted by molar-refractivity contribution is 7.92. The Hall–Kier alpha value is -2.00. The van der Waals surface area contributed by atoms with E-state index in [2.05, 4.69) is 5.32 Å². The third kappa shape index (κ3) is 9.04. The first-order chi connectivity index (χ1) is 17.8. The molecule has 0 fully saturated rings. The molecule has 0 aliphatic carbocycles. The summed E-state index contributed by atoms with van der Waals surface area (Å²) in [5.41, 5.74) is 1.84. The monoisotopic (exact) mass is 603 g/mol. The first-order valence-corrected chi connectivity index (χ1v) is 15.5. The Morgan fingerprint density at radius 1 is 1.03 bits per heavy atom. The van der Waals surface area contributed by atoms with Crippen molar-refractivity contribution in [2.45, 2.75) is 59.5 Å². The highest BCUT2D eigenvalue weighted by atomic mass is 35.5. The van der Waals surface area contributed by atoms with E-state index >= 15 is 0 Å². The molecule has 1 N–H and O–H groups in total. The molecule has 2 rings (SSSR count). The molecule has 2 amide bonds. The largest absolute Gasteiger partial charge is 0.354 e. The lowest BCUT2D eigenvalue weighted by Crippen LogP contribution is -2.49. The Morgan fingerprint density at radius 3 is 2.29 bits per heavy atom. The van der Waals surface area contributed by atoms with Gasteiger partial charge in [-0.05, 0) is 61.1 Å². The third-order valence-corrected chi connectivity index (χ3v) is 8.40. The van der Waals surface area contributed by atoms with Gasteiger partial charge < -0.3 is 10.2 Å². The number of hydrogen-bond acceptors (Lipinski definition) is 4. The normalized spacial score (nSPS) is 12.3. The summed E-state index contributed by atoms with van der Waals surface area (Å²) in [7, 11) is -3.62. The van der Waals surface area contributed by atoms with E-state index in [-0.39, 0.29) is 43.7 Å². The molecule has 0 heterocycles. The van der Waals surface area contributed by atoms with Crippen molar-refractivity contribution in [2.24, 2.45) is 5.92 Å². The second-order valence-electron chi connectivity index (χ2n) is 9.66. The van der Waals surface area contributed by atoms with E-state index in [1.807, 2.05) is 20.8 Å². The predicted octanol–water partition coefficient (Wildman–Crippen LogP) is 6.08. The van der Waals surface area contributed by atoms with Gasteiger partial charge in [0.2, 0.25) is 21.8 Å². The SMILES string of the molecule is CC[C@@H](C(=O)NCC(C)C)N(Cc1ccc(Cl)c(Cl)c1)C(=O)CCCN(c1cccc(Cl)c1C)S(C)(=O)=O.